The van der Waals surface area contributed by atoms with Crippen LogP contribution in [0, 0.1) is 17.4 Å². The van der Waals surface area contributed by atoms with E-state index in [1.165, 1.54) is 19.4 Å². The lowest BCUT2D eigenvalue weighted by Gasteiger charge is -2.29. The number of hydrogen-bond acceptors (Lipinski definition) is 6. The van der Waals surface area contributed by atoms with Gasteiger partial charge in [0, 0.05) is 24.2 Å². The highest BCUT2D eigenvalue weighted by Gasteiger charge is 2.25. The Morgan fingerprint density at radius 3 is 2.85 bits per heavy atom. The SMILES string of the molecule is CN1CCCC(CNc2nc3c(c(-c4ccccc4)n2)CN(C#N)C3)C1. The van der Waals surface area contributed by atoms with Gasteiger partial charge in [-0.25, -0.2) is 9.97 Å². The highest BCUT2D eigenvalue weighted by Crippen LogP contribution is 2.31. The Balaban J connectivity index is 1.59. The number of fused-ring (bicyclic) bond motifs is 1. The summed E-state index contributed by atoms with van der Waals surface area (Å²) in [5, 5.41) is 12.7. The second kappa shape index (κ2) is 7.30. The molecule has 1 aromatic carbocycles. The maximum absolute atomic E-state index is 9.27. The maximum atomic E-state index is 9.27. The molecule has 2 aromatic rings. The Labute approximate surface area is 154 Å². The average molecular weight is 348 g/mol. The van der Waals surface area contributed by atoms with E-state index in [2.05, 4.69) is 35.6 Å². The molecule has 2 aliphatic heterocycles. The van der Waals surface area contributed by atoms with Gasteiger partial charge in [0.05, 0.1) is 24.5 Å². The number of aromatic nitrogens is 2. The molecule has 0 amide bonds. The number of rotatable bonds is 4. The van der Waals surface area contributed by atoms with Crippen LogP contribution in [0.3, 0.4) is 0 Å². The van der Waals surface area contributed by atoms with E-state index in [9.17, 15) is 5.26 Å². The van der Waals surface area contributed by atoms with Crippen molar-refractivity contribution in [1.29, 1.82) is 5.26 Å². The fourth-order valence-electron chi connectivity index (χ4n) is 3.91. The van der Waals surface area contributed by atoms with E-state index in [0.29, 0.717) is 25.0 Å². The lowest BCUT2D eigenvalue weighted by molar-refractivity contribution is 0.217. The summed E-state index contributed by atoms with van der Waals surface area (Å²) >= 11 is 0. The van der Waals surface area contributed by atoms with Crippen LogP contribution in [0.4, 0.5) is 5.95 Å². The molecule has 6 heteroatoms. The smallest absolute Gasteiger partial charge is 0.223 e. The van der Waals surface area contributed by atoms with E-state index >= 15 is 0 Å². The number of anilines is 1. The summed E-state index contributed by atoms with van der Waals surface area (Å²) in [4.78, 5) is 13.6. The predicted octanol–water partition coefficient (Wildman–Crippen LogP) is 2.69. The van der Waals surface area contributed by atoms with Crippen LogP contribution in [-0.4, -0.2) is 46.4 Å². The van der Waals surface area contributed by atoms with Crippen molar-refractivity contribution in [3.8, 4) is 17.5 Å². The van der Waals surface area contributed by atoms with Crippen LogP contribution < -0.4 is 5.32 Å². The molecule has 6 nitrogen and oxygen atoms in total. The van der Waals surface area contributed by atoms with Crippen LogP contribution in [-0.2, 0) is 13.1 Å². The van der Waals surface area contributed by atoms with Crippen molar-refractivity contribution in [3.63, 3.8) is 0 Å². The zero-order valence-corrected chi connectivity index (χ0v) is 15.1. The van der Waals surface area contributed by atoms with E-state index < -0.39 is 0 Å². The Morgan fingerprint density at radius 1 is 1.23 bits per heavy atom. The molecule has 0 aliphatic carbocycles. The minimum Gasteiger partial charge on any atom is -0.354 e. The quantitative estimate of drug-likeness (QED) is 0.857. The minimum absolute atomic E-state index is 0.565. The standard InChI is InChI=1S/C20H24N6/c1-25-9-5-6-15(11-25)10-22-20-23-18-13-26(14-21)12-17(18)19(24-20)16-7-3-2-4-8-16/h2-4,7-8,15H,5-6,9-13H2,1H3,(H,22,23,24). The second-order valence-electron chi connectivity index (χ2n) is 7.29. The number of piperidine rings is 1. The molecule has 26 heavy (non-hydrogen) atoms. The first-order chi connectivity index (χ1) is 12.7. The van der Waals surface area contributed by atoms with E-state index in [0.717, 1.165) is 35.6 Å². The number of benzene rings is 1. The van der Waals surface area contributed by atoms with Crippen molar-refractivity contribution in [2.45, 2.75) is 25.9 Å². The molecule has 1 aromatic heterocycles. The number of nitriles is 1. The highest BCUT2D eigenvalue weighted by atomic mass is 15.2. The van der Waals surface area contributed by atoms with Gasteiger partial charge in [0.25, 0.3) is 0 Å². The predicted molar refractivity (Wildman–Crippen MR) is 101 cm³/mol. The zero-order chi connectivity index (χ0) is 17.9. The van der Waals surface area contributed by atoms with Crippen molar-refractivity contribution in [3.05, 3.63) is 41.6 Å². The molecule has 2 aliphatic rings. The van der Waals surface area contributed by atoms with Crippen molar-refractivity contribution in [2.24, 2.45) is 5.92 Å². The van der Waals surface area contributed by atoms with Gasteiger partial charge in [0.15, 0.2) is 6.19 Å². The van der Waals surface area contributed by atoms with Crippen LogP contribution in [0.15, 0.2) is 30.3 Å². The summed E-state index contributed by atoms with van der Waals surface area (Å²) in [5.74, 6) is 1.30. The van der Waals surface area contributed by atoms with Crippen LogP contribution >= 0.6 is 0 Å². The van der Waals surface area contributed by atoms with Gasteiger partial charge in [-0.3, -0.25) is 0 Å². The van der Waals surface area contributed by atoms with Crippen molar-refractivity contribution in [2.75, 3.05) is 32.0 Å². The molecule has 0 spiro atoms. The van der Waals surface area contributed by atoms with Gasteiger partial charge in [-0.2, -0.15) is 5.26 Å². The second-order valence-corrected chi connectivity index (χ2v) is 7.29. The van der Waals surface area contributed by atoms with Crippen molar-refractivity contribution in [1.82, 2.24) is 19.8 Å². The Morgan fingerprint density at radius 2 is 2.08 bits per heavy atom. The van der Waals surface area contributed by atoms with Gasteiger partial charge in [-0.1, -0.05) is 30.3 Å². The van der Waals surface area contributed by atoms with Crippen molar-refractivity contribution < 1.29 is 0 Å². The van der Waals surface area contributed by atoms with Gasteiger partial charge in [0.1, 0.15) is 0 Å². The molecule has 134 valence electrons. The number of nitrogens with zero attached hydrogens (tertiary/aromatic N) is 5. The largest absolute Gasteiger partial charge is 0.354 e. The molecule has 0 radical (unpaired) electrons. The first kappa shape index (κ1) is 16.8. The van der Waals surface area contributed by atoms with Gasteiger partial charge in [-0.05, 0) is 32.4 Å². The lowest BCUT2D eigenvalue weighted by Crippen LogP contribution is -2.35. The highest BCUT2D eigenvalue weighted by molar-refractivity contribution is 5.66. The van der Waals surface area contributed by atoms with Crippen LogP contribution in [0.5, 0.6) is 0 Å². The van der Waals surface area contributed by atoms with Gasteiger partial charge < -0.3 is 15.1 Å². The first-order valence-corrected chi connectivity index (χ1v) is 9.25. The maximum Gasteiger partial charge on any atom is 0.223 e. The molecule has 1 fully saturated rings. The monoisotopic (exact) mass is 348 g/mol. The third-order valence-electron chi connectivity index (χ3n) is 5.24. The van der Waals surface area contributed by atoms with Gasteiger partial charge >= 0.3 is 0 Å². The Hall–Kier alpha value is -2.65. The zero-order valence-electron chi connectivity index (χ0n) is 15.1. The summed E-state index contributed by atoms with van der Waals surface area (Å²) in [5.41, 5.74) is 4.05. The Kier molecular flexibility index (Phi) is 4.72. The third kappa shape index (κ3) is 3.49. The fourth-order valence-corrected chi connectivity index (χ4v) is 3.91. The lowest BCUT2D eigenvalue weighted by atomic mass is 9.98. The van der Waals surface area contributed by atoms with E-state index in [1.54, 1.807) is 4.90 Å². The third-order valence-corrected chi connectivity index (χ3v) is 5.24. The molecule has 1 unspecified atom stereocenters. The van der Waals surface area contributed by atoms with Crippen LogP contribution in [0.1, 0.15) is 24.1 Å². The fraction of sp³-hybridized carbons (Fsp3) is 0.450. The number of likely N-dealkylation sites (tertiary alicyclic amines) is 1. The summed E-state index contributed by atoms with van der Waals surface area (Å²) < 4.78 is 0. The average Bonchev–Trinajstić information content (AvgIpc) is 3.10. The van der Waals surface area contributed by atoms with Crippen molar-refractivity contribution >= 4 is 5.95 Å². The first-order valence-electron chi connectivity index (χ1n) is 9.25. The number of nitrogens with one attached hydrogen (secondary N) is 1. The van der Waals surface area contributed by atoms with E-state index in [-0.39, 0.29) is 0 Å². The summed E-state index contributed by atoms with van der Waals surface area (Å²) in [6.07, 6.45) is 4.73. The molecule has 3 heterocycles. The van der Waals surface area contributed by atoms with E-state index in [1.807, 2.05) is 18.2 Å². The summed E-state index contributed by atoms with van der Waals surface area (Å²) in [6.45, 7) is 4.35. The number of hydrogen-bond donors (Lipinski definition) is 1. The Bertz CT molecular complexity index is 813. The minimum atomic E-state index is 0.565. The van der Waals surface area contributed by atoms with Gasteiger partial charge in [0.2, 0.25) is 5.95 Å². The molecule has 0 bridgehead atoms. The van der Waals surface area contributed by atoms with Gasteiger partial charge in [-0.15, -0.1) is 0 Å². The van der Waals surface area contributed by atoms with E-state index in [4.69, 9.17) is 9.97 Å². The molecule has 0 saturated carbocycles. The molecule has 4 rings (SSSR count). The normalized spacial score (nSPS) is 19.8. The molecular weight excluding hydrogens is 324 g/mol. The molecular formula is C20H24N6. The summed E-state index contributed by atoms with van der Waals surface area (Å²) in [6, 6.07) is 10.2. The molecule has 1 atom stereocenters. The topological polar surface area (TPSA) is 68.1 Å². The molecule has 1 N–H and O–H groups in total. The molecule has 1 saturated heterocycles. The van der Waals surface area contributed by atoms with Crippen LogP contribution in [0.25, 0.3) is 11.3 Å². The van der Waals surface area contributed by atoms with Crippen LogP contribution in [0.2, 0.25) is 0 Å². The summed E-state index contributed by atoms with van der Waals surface area (Å²) in [7, 11) is 2.18.